The third-order valence-electron chi connectivity index (χ3n) is 2.82. The zero-order valence-corrected chi connectivity index (χ0v) is 11.1. The zero-order chi connectivity index (χ0) is 12.5. The largest absolute Gasteiger partial charge is 0.383 e. The summed E-state index contributed by atoms with van der Waals surface area (Å²) in [6, 6.07) is 1.92. The molecule has 5 nitrogen and oxygen atoms in total. The summed E-state index contributed by atoms with van der Waals surface area (Å²) in [7, 11) is 0. The van der Waals surface area contributed by atoms with Crippen molar-refractivity contribution in [3.8, 4) is 11.4 Å². The van der Waals surface area contributed by atoms with Crippen molar-refractivity contribution in [1.29, 1.82) is 0 Å². The van der Waals surface area contributed by atoms with Crippen LogP contribution in [0.15, 0.2) is 22.9 Å². The second-order valence-electron chi connectivity index (χ2n) is 4.05. The van der Waals surface area contributed by atoms with Gasteiger partial charge in [0.25, 0.3) is 0 Å². The number of hydrogen-bond donors (Lipinski definition) is 1. The molecule has 0 atom stereocenters. The van der Waals surface area contributed by atoms with Crippen LogP contribution in [-0.4, -0.2) is 21.6 Å². The molecule has 1 aliphatic heterocycles. The van der Waals surface area contributed by atoms with Crippen LogP contribution in [0.2, 0.25) is 0 Å². The van der Waals surface area contributed by atoms with Crippen molar-refractivity contribution < 1.29 is 4.74 Å². The summed E-state index contributed by atoms with van der Waals surface area (Å²) in [5, 5.41) is 0. The molecule has 92 valence electrons. The van der Waals surface area contributed by atoms with Gasteiger partial charge >= 0.3 is 0 Å². The molecule has 3 rings (SSSR count). The monoisotopic (exact) mass is 306 g/mol. The van der Waals surface area contributed by atoms with Gasteiger partial charge in [-0.2, -0.15) is 0 Å². The van der Waals surface area contributed by atoms with E-state index in [1.54, 1.807) is 12.4 Å². The lowest BCUT2D eigenvalue weighted by Crippen LogP contribution is -2.16. The van der Waals surface area contributed by atoms with Crippen LogP contribution in [0.3, 0.4) is 0 Å². The van der Waals surface area contributed by atoms with E-state index in [9.17, 15) is 0 Å². The molecule has 0 aliphatic carbocycles. The fourth-order valence-corrected chi connectivity index (χ4v) is 2.28. The Morgan fingerprint density at radius 1 is 1.28 bits per heavy atom. The summed E-state index contributed by atoms with van der Waals surface area (Å²) < 4.78 is 6.25. The fraction of sp³-hybridized carbons (Fsp3) is 0.250. The van der Waals surface area contributed by atoms with Gasteiger partial charge in [0.15, 0.2) is 5.82 Å². The maximum atomic E-state index is 5.95. The minimum atomic E-state index is 0.495. The number of fused-ring (bicyclic) bond motifs is 1. The number of aromatic nitrogens is 3. The van der Waals surface area contributed by atoms with E-state index in [1.807, 2.05) is 6.07 Å². The summed E-state index contributed by atoms with van der Waals surface area (Å²) >= 11 is 3.38. The van der Waals surface area contributed by atoms with Gasteiger partial charge in [0, 0.05) is 34.4 Å². The van der Waals surface area contributed by atoms with E-state index in [-0.39, 0.29) is 0 Å². The van der Waals surface area contributed by atoms with Crippen LogP contribution in [0.5, 0.6) is 0 Å². The highest BCUT2D eigenvalue weighted by Gasteiger charge is 2.17. The number of anilines is 1. The first kappa shape index (κ1) is 11.6. The number of nitrogens with two attached hydrogens (primary N) is 1. The van der Waals surface area contributed by atoms with Crippen LogP contribution in [0.25, 0.3) is 11.4 Å². The maximum Gasteiger partial charge on any atom is 0.163 e. The molecule has 0 spiro atoms. The molecule has 2 N–H and O–H groups in total. The molecule has 0 saturated carbocycles. The van der Waals surface area contributed by atoms with Crippen molar-refractivity contribution >= 4 is 21.7 Å². The third-order valence-corrected chi connectivity index (χ3v) is 3.25. The van der Waals surface area contributed by atoms with Gasteiger partial charge < -0.3 is 10.5 Å². The van der Waals surface area contributed by atoms with Gasteiger partial charge in [-0.05, 0) is 22.0 Å². The number of nitrogen functional groups attached to an aromatic ring is 1. The lowest BCUT2D eigenvalue weighted by molar-refractivity contribution is 0.109. The molecule has 18 heavy (non-hydrogen) atoms. The van der Waals surface area contributed by atoms with E-state index >= 15 is 0 Å². The first-order chi connectivity index (χ1) is 8.74. The first-order valence-corrected chi connectivity index (χ1v) is 6.37. The Morgan fingerprint density at radius 3 is 3.00 bits per heavy atom. The van der Waals surface area contributed by atoms with Crippen LogP contribution >= 0.6 is 15.9 Å². The second-order valence-corrected chi connectivity index (χ2v) is 4.97. The van der Waals surface area contributed by atoms with E-state index in [2.05, 4.69) is 30.9 Å². The van der Waals surface area contributed by atoms with Crippen LogP contribution in [0, 0.1) is 0 Å². The van der Waals surface area contributed by atoms with Gasteiger partial charge in [0.1, 0.15) is 5.82 Å². The highest BCUT2D eigenvalue weighted by molar-refractivity contribution is 9.10. The Labute approximate surface area is 113 Å². The Morgan fingerprint density at radius 2 is 2.17 bits per heavy atom. The maximum absolute atomic E-state index is 5.95. The van der Waals surface area contributed by atoms with Gasteiger partial charge in [-0.15, -0.1) is 0 Å². The van der Waals surface area contributed by atoms with Crippen LogP contribution in [-0.2, 0) is 17.8 Å². The van der Waals surface area contributed by atoms with Crippen LogP contribution < -0.4 is 5.73 Å². The topological polar surface area (TPSA) is 73.9 Å². The third kappa shape index (κ3) is 2.09. The molecule has 0 aromatic carbocycles. The normalized spacial score (nSPS) is 14.3. The summed E-state index contributed by atoms with van der Waals surface area (Å²) in [5.74, 6) is 1.11. The van der Waals surface area contributed by atoms with E-state index in [0.29, 0.717) is 24.9 Å². The molecule has 0 radical (unpaired) electrons. The number of rotatable bonds is 1. The summed E-state index contributed by atoms with van der Waals surface area (Å²) in [6.45, 7) is 1.18. The van der Waals surface area contributed by atoms with Gasteiger partial charge in [0.2, 0.25) is 0 Å². The minimum absolute atomic E-state index is 0.495. The average Bonchev–Trinajstić information content (AvgIpc) is 2.39. The lowest BCUT2D eigenvalue weighted by Gasteiger charge is -2.17. The SMILES string of the molecule is Nc1nc(-c2cncc(Br)c2)nc2c1COCC2. The van der Waals surface area contributed by atoms with Crippen molar-refractivity contribution in [1.82, 2.24) is 15.0 Å². The molecule has 0 bridgehead atoms. The number of halogens is 1. The Bertz CT molecular complexity index is 603. The fourth-order valence-electron chi connectivity index (χ4n) is 1.92. The molecule has 1 aliphatic rings. The van der Waals surface area contributed by atoms with Crippen molar-refractivity contribution in [3.63, 3.8) is 0 Å². The standard InChI is InChI=1S/C12H11BrN4O/c13-8-3-7(4-15-5-8)12-16-10-1-2-18-6-9(10)11(14)17-12/h3-5H,1-2,6H2,(H2,14,16,17). The lowest BCUT2D eigenvalue weighted by atomic mass is 10.1. The number of ether oxygens (including phenoxy) is 1. The molecular weight excluding hydrogens is 296 g/mol. The molecule has 2 aromatic rings. The van der Waals surface area contributed by atoms with Gasteiger partial charge in [-0.1, -0.05) is 0 Å². The summed E-state index contributed by atoms with van der Waals surface area (Å²) in [6.07, 6.45) is 4.22. The molecular formula is C12H11BrN4O. The predicted molar refractivity (Wildman–Crippen MR) is 70.7 cm³/mol. The molecule has 0 saturated heterocycles. The van der Waals surface area contributed by atoms with Crippen LogP contribution in [0.4, 0.5) is 5.82 Å². The van der Waals surface area contributed by atoms with Crippen molar-refractivity contribution in [2.75, 3.05) is 12.3 Å². The number of nitrogens with zero attached hydrogens (tertiary/aromatic N) is 3. The van der Waals surface area contributed by atoms with Gasteiger partial charge in [0.05, 0.1) is 18.9 Å². The van der Waals surface area contributed by atoms with E-state index < -0.39 is 0 Å². The van der Waals surface area contributed by atoms with E-state index in [0.717, 1.165) is 27.7 Å². The first-order valence-electron chi connectivity index (χ1n) is 5.58. The molecule has 3 heterocycles. The molecule has 0 amide bonds. The predicted octanol–water partition coefficient (Wildman–Crippen LogP) is 1.96. The Kier molecular flexibility index (Phi) is 2.97. The molecule has 2 aromatic heterocycles. The summed E-state index contributed by atoms with van der Waals surface area (Å²) in [5.41, 5.74) is 8.69. The number of hydrogen-bond acceptors (Lipinski definition) is 5. The average molecular weight is 307 g/mol. The quantitative estimate of drug-likeness (QED) is 0.871. The van der Waals surface area contributed by atoms with Crippen molar-refractivity contribution in [3.05, 3.63) is 34.2 Å². The van der Waals surface area contributed by atoms with E-state index in [4.69, 9.17) is 10.5 Å². The highest BCUT2D eigenvalue weighted by Crippen LogP contribution is 2.25. The van der Waals surface area contributed by atoms with E-state index in [1.165, 1.54) is 0 Å². The number of pyridine rings is 1. The van der Waals surface area contributed by atoms with Crippen LogP contribution in [0.1, 0.15) is 11.3 Å². The van der Waals surface area contributed by atoms with Crippen molar-refractivity contribution in [2.45, 2.75) is 13.0 Å². The Hall–Kier alpha value is -1.53. The van der Waals surface area contributed by atoms with Crippen molar-refractivity contribution in [2.24, 2.45) is 0 Å². The Balaban J connectivity index is 2.11. The minimum Gasteiger partial charge on any atom is -0.383 e. The molecule has 6 heteroatoms. The highest BCUT2D eigenvalue weighted by atomic mass is 79.9. The zero-order valence-electron chi connectivity index (χ0n) is 9.56. The smallest absolute Gasteiger partial charge is 0.163 e. The second kappa shape index (κ2) is 4.62. The summed E-state index contributed by atoms with van der Waals surface area (Å²) in [4.78, 5) is 13.0. The molecule has 0 unspecified atom stereocenters. The van der Waals surface area contributed by atoms with Gasteiger partial charge in [-0.3, -0.25) is 4.98 Å². The van der Waals surface area contributed by atoms with Gasteiger partial charge in [-0.25, -0.2) is 9.97 Å². The molecule has 0 fully saturated rings.